The molecule has 1 saturated heterocycles. The Bertz CT molecular complexity index is 844. The summed E-state index contributed by atoms with van der Waals surface area (Å²) in [5, 5.41) is 10.4. The minimum Gasteiger partial charge on any atom is -0.491 e. The van der Waals surface area contributed by atoms with Crippen molar-refractivity contribution in [3.63, 3.8) is 0 Å². The van der Waals surface area contributed by atoms with Gasteiger partial charge in [0.05, 0.1) is 11.5 Å². The van der Waals surface area contributed by atoms with Crippen molar-refractivity contribution in [3.8, 4) is 5.75 Å². The molecule has 0 saturated carbocycles. The number of benzene rings is 2. The first kappa shape index (κ1) is 19.8. The van der Waals surface area contributed by atoms with E-state index in [0.717, 1.165) is 5.56 Å². The maximum Gasteiger partial charge on any atom is 0.151 e. The van der Waals surface area contributed by atoms with E-state index in [1.807, 2.05) is 23.1 Å². The summed E-state index contributed by atoms with van der Waals surface area (Å²) in [6.45, 7) is 0.729. The summed E-state index contributed by atoms with van der Waals surface area (Å²) in [5.41, 5.74) is 0.746. The number of hydrogen-bond acceptors (Lipinski definition) is 5. The van der Waals surface area contributed by atoms with Gasteiger partial charge in [-0.3, -0.25) is 4.90 Å². The van der Waals surface area contributed by atoms with Gasteiger partial charge < -0.3 is 9.84 Å². The van der Waals surface area contributed by atoms with Crippen LogP contribution in [0.4, 0.5) is 4.39 Å². The van der Waals surface area contributed by atoms with E-state index in [1.165, 1.54) is 12.1 Å². The molecule has 1 aliphatic heterocycles. The highest BCUT2D eigenvalue weighted by Crippen LogP contribution is 2.21. The summed E-state index contributed by atoms with van der Waals surface area (Å²) in [4.78, 5) is 1.92. The Morgan fingerprint density at radius 3 is 2.63 bits per heavy atom. The molecule has 0 unspecified atom stereocenters. The molecular formula is C20H24FNO4S. The van der Waals surface area contributed by atoms with E-state index in [0.29, 0.717) is 18.7 Å². The predicted octanol–water partition coefficient (Wildman–Crippen LogP) is 2.25. The van der Waals surface area contributed by atoms with Gasteiger partial charge in [-0.15, -0.1) is 0 Å². The number of hydrogen-bond donors (Lipinski definition) is 1. The van der Waals surface area contributed by atoms with E-state index in [9.17, 15) is 17.9 Å². The van der Waals surface area contributed by atoms with Gasteiger partial charge in [0.2, 0.25) is 0 Å². The van der Waals surface area contributed by atoms with Crippen LogP contribution in [0, 0.1) is 5.82 Å². The monoisotopic (exact) mass is 393 g/mol. The molecule has 2 atom stereocenters. The lowest BCUT2D eigenvalue weighted by molar-refractivity contribution is 0.0524. The van der Waals surface area contributed by atoms with Gasteiger partial charge in [-0.25, -0.2) is 12.8 Å². The molecule has 1 N–H and O–H groups in total. The quantitative estimate of drug-likeness (QED) is 0.745. The first-order valence-electron chi connectivity index (χ1n) is 8.96. The molecule has 0 amide bonds. The van der Waals surface area contributed by atoms with Gasteiger partial charge in [0.25, 0.3) is 0 Å². The van der Waals surface area contributed by atoms with E-state index in [4.69, 9.17) is 4.74 Å². The first-order valence-corrected chi connectivity index (χ1v) is 10.8. The van der Waals surface area contributed by atoms with Gasteiger partial charge >= 0.3 is 0 Å². The second kappa shape index (κ2) is 8.82. The van der Waals surface area contributed by atoms with Crippen molar-refractivity contribution in [3.05, 3.63) is 66.0 Å². The molecule has 0 spiro atoms. The van der Waals surface area contributed by atoms with E-state index in [1.54, 1.807) is 24.3 Å². The van der Waals surface area contributed by atoms with Crippen molar-refractivity contribution in [1.82, 2.24) is 4.90 Å². The summed E-state index contributed by atoms with van der Waals surface area (Å²) in [5.74, 6) is 0.541. The third kappa shape index (κ3) is 6.02. The highest BCUT2D eigenvalue weighted by Gasteiger charge is 2.33. The van der Waals surface area contributed by atoms with Gasteiger partial charge in [0, 0.05) is 19.1 Å². The molecule has 7 heteroatoms. The van der Waals surface area contributed by atoms with Gasteiger partial charge in [-0.2, -0.15) is 0 Å². The minimum atomic E-state index is -3.06. The minimum absolute atomic E-state index is 0.0641. The fraction of sp³-hybridized carbons (Fsp3) is 0.400. The van der Waals surface area contributed by atoms with Crippen molar-refractivity contribution in [1.29, 1.82) is 0 Å². The van der Waals surface area contributed by atoms with Crippen molar-refractivity contribution in [2.75, 3.05) is 24.7 Å². The Balaban J connectivity index is 1.65. The van der Waals surface area contributed by atoms with Crippen LogP contribution in [0.25, 0.3) is 0 Å². The Hall–Kier alpha value is -1.96. The van der Waals surface area contributed by atoms with Gasteiger partial charge in [0.15, 0.2) is 9.84 Å². The predicted molar refractivity (Wildman–Crippen MR) is 102 cm³/mol. The highest BCUT2D eigenvalue weighted by molar-refractivity contribution is 7.91. The largest absolute Gasteiger partial charge is 0.491 e. The molecule has 5 nitrogen and oxygen atoms in total. The van der Waals surface area contributed by atoms with Crippen LogP contribution in [0.5, 0.6) is 5.75 Å². The molecule has 0 radical (unpaired) electrons. The molecule has 0 aliphatic carbocycles. The Kier molecular flexibility index (Phi) is 6.46. The number of sulfone groups is 1. The molecule has 1 fully saturated rings. The molecule has 2 aromatic rings. The SMILES string of the molecule is O=S1(=O)CC[C@H](N(Cc2cccc(F)c2)C[C@H](O)COc2ccccc2)C1. The molecular weight excluding hydrogens is 369 g/mol. The van der Waals surface area contributed by atoms with Crippen LogP contribution < -0.4 is 4.74 Å². The smallest absolute Gasteiger partial charge is 0.151 e. The number of aliphatic hydroxyl groups excluding tert-OH is 1. The zero-order chi connectivity index (χ0) is 19.3. The molecule has 0 bridgehead atoms. The van der Waals surface area contributed by atoms with Gasteiger partial charge in [0.1, 0.15) is 24.3 Å². The standard InChI is InChI=1S/C20H24FNO4S/c21-17-6-4-5-16(11-17)12-22(18-9-10-27(24,25)15-18)13-19(23)14-26-20-7-2-1-3-8-20/h1-8,11,18-19,23H,9-10,12-15H2/t18-,19-/m0/s1. The number of para-hydroxylation sites is 1. The zero-order valence-electron chi connectivity index (χ0n) is 15.0. The number of rotatable bonds is 8. The highest BCUT2D eigenvalue weighted by atomic mass is 32.2. The van der Waals surface area contributed by atoms with Crippen molar-refractivity contribution in [2.24, 2.45) is 0 Å². The van der Waals surface area contributed by atoms with Crippen molar-refractivity contribution in [2.45, 2.75) is 25.1 Å². The number of aliphatic hydroxyl groups is 1. The van der Waals surface area contributed by atoms with Crippen LogP contribution in [0.15, 0.2) is 54.6 Å². The zero-order valence-corrected chi connectivity index (χ0v) is 15.8. The van der Waals surface area contributed by atoms with Gasteiger partial charge in [-0.05, 0) is 36.2 Å². The van der Waals surface area contributed by atoms with E-state index in [-0.39, 0.29) is 36.5 Å². The van der Waals surface area contributed by atoms with Crippen LogP contribution >= 0.6 is 0 Å². The maximum absolute atomic E-state index is 13.5. The number of halogens is 1. The topological polar surface area (TPSA) is 66.8 Å². The summed E-state index contributed by atoms with van der Waals surface area (Å²) >= 11 is 0. The molecule has 2 aromatic carbocycles. The van der Waals surface area contributed by atoms with Crippen molar-refractivity contribution >= 4 is 9.84 Å². The van der Waals surface area contributed by atoms with E-state index in [2.05, 4.69) is 0 Å². The van der Waals surface area contributed by atoms with Crippen LogP contribution in [-0.4, -0.2) is 55.2 Å². The Morgan fingerprint density at radius 2 is 1.96 bits per heavy atom. The van der Waals surface area contributed by atoms with Crippen LogP contribution in [-0.2, 0) is 16.4 Å². The fourth-order valence-electron chi connectivity index (χ4n) is 3.31. The molecule has 1 heterocycles. The average molecular weight is 393 g/mol. The lowest BCUT2D eigenvalue weighted by Gasteiger charge is -2.30. The molecule has 1 aliphatic rings. The van der Waals surface area contributed by atoms with E-state index >= 15 is 0 Å². The van der Waals surface area contributed by atoms with Gasteiger partial charge in [-0.1, -0.05) is 30.3 Å². The fourth-order valence-corrected chi connectivity index (χ4v) is 5.07. The van der Waals surface area contributed by atoms with Crippen LogP contribution in [0.1, 0.15) is 12.0 Å². The molecule has 146 valence electrons. The number of nitrogens with zero attached hydrogens (tertiary/aromatic N) is 1. The Morgan fingerprint density at radius 1 is 1.19 bits per heavy atom. The normalized spacial score (nSPS) is 19.9. The average Bonchev–Trinajstić information content (AvgIpc) is 3.00. The molecule has 3 rings (SSSR count). The van der Waals surface area contributed by atoms with Crippen molar-refractivity contribution < 1.29 is 22.7 Å². The lowest BCUT2D eigenvalue weighted by atomic mass is 10.1. The third-order valence-corrected chi connectivity index (χ3v) is 6.38. The summed E-state index contributed by atoms with van der Waals surface area (Å²) < 4.78 is 42.8. The Labute approximate surface area is 159 Å². The summed E-state index contributed by atoms with van der Waals surface area (Å²) in [7, 11) is -3.06. The molecule has 27 heavy (non-hydrogen) atoms. The molecule has 0 aromatic heterocycles. The first-order chi connectivity index (χ1) is 12.9. The maximum atomic E-state index is 13.5. The van der Waals surface area contributed by atoms with E-state index < -0.39 is 15.9 Å². The lowest BCUT2D eigenvalue weighted by Crippen LogP contribution is -2.42. The summed E-state index contributed by atoms with van der Waals surface area (Å²) in [6.07, 6.45) is -0.272. The summed E-state index contributed by atoms with van der Waals surface area (Å²) in [6, 6.07) is 15.2. The van der Waals surface area contributed by atoms with Crippen LogP contribution in [0.3, 0.4) is 0 Å². The second-order valence-corrected chi connectivity index (χ2v) is 9.12. The van der Waals surface area contributed by atoms with Crippen LogP contribution in [0.2, 0.25) is 0 Å². The number of ether oxygens (including phenoxy) is 1. The second-order valence-electron chi connectivity index (χ2n) is 6.89. The third-order valence-electron chi connectivity index (χ3n) is 4.63.